The Bertz CT molecular complexity index is 1340. The number of amides is 2. The molecule has 0 aromatic heterocycles. The fraction of sp³-hybridized carbons (Fsp3) is 0.400. The van der Waals surface area contributed by atoms with E-state index in [1.807, 2.05) is 12.1 Å². The number of benzene rings is 2. The van der Waals surface area contributed by atoms with E-state index < -0.39 is 49.4 Å². The molecule has 7 N–H and O–H groups in total. The zero-order chi connectivity index (χ0) is 33.4. The van der Waals surface area contributed by atoms with Crippen LogP contribution in [-0.4, -0.2) is 131 Å². The quantitative estimate of drug-likeness (QED) is 0.0788. The van der Waals surface area contributed by atoms with Crippen LogP contribution >= 0.6 is 0 Å². The SMILES string of the molecule is CC(=O)c1cccc(NC(=O)CN(CCN(CCN(CC(=O)O)CC(=O)NCCc2ccc(N)cc2)CC(=O)O)CC(=O)O)c1. The van der Waals surface area contributed by atoms with Crippen molar-refractivity contribution in [3.05, 3.63) is 59.7 Å². The maximum atomic E-state index is 12.7. The number of carboxylic acids is 3. The molecule has 0 aliphatic carbocycles. The number of anilines is 2. The lowest BCUT2D eigenvalue weighted by Crippen LogP contribution is -2.47. The van der Waals surface area contributed by atoms with Crippen molar-refractivity contribution in [1.29, 1.82) is 0 Å². The number of carbonyl (C=O) groups is 6. The standard InChI is InChI=1S/C30H40N6O9/c1-21(37)23-3-2-4-25(15-23)33-27(39)17-36(20-30(44)45)14-12-34(18-28(40)41)11-13-35(19-29(42)43)16-26(38)32-10-9-22-5-7-24(31)8-6-22/h2-8,15H,9-14,16-20,31H2,1H3,(H,32,38)(H,33,39)(H,40,41)(H,42,43)(H,44,45). The van der Waals surface area contributed by atoms with E-state index in [2.05, 4.69) is 10.6 Å². The fourth-order valence-electron chi connectivity index (χ4n) is 4.35. The summed E-state index contributed by atoms with van der Waals surface area (Å²) in [6.45, 7) is -0.0784. The lowest BCUT2D eigenvalue weighted by Gasteiger charge is -2.28. The van der Waals surface area contributed by atoms with Crippen LogP contribution in [-0.2, 0) is 30.4 Å². The van der Waals surface area contributed by atoms with Gasteiger partial charge in [-0.25, -0.2) is 0 Å². The average Bonchev–Trinajstić information content (AvgIpc) is 2.94. The minimum absolute atomic E-state index is 0.00500. The highest BCUT2D eigenvalue weighted by Crippen LogP contribution is 2.11. The molecule has 0 atom stereocenters. The molecule has 0 saturated carbocycles. The topological polar surface area (TPSA) is 223 Å². The third-order valence-electron chi connectivity index (χ3n) is 6.54. The summed E-state index contributed by atoms with van der Waals surface area (Å²) in [5.41, 5.74) is 8.02. The summed E-state index contributed by atoms with van der Waals surface area (Å²) < 4.78 is 0. The van der Waals surface area contributed by atoms with Crippen LogP contribution in [0, 0.1) is 0 Å². The molecular weight excluding hydrogens is 588 g/mol. The van der Waals surface area contributed by atoms with Crippen molar-refractivity contribution < 1.29 is 44.1 Å². The van der Waals surface area contributed by atoms with Gasteiger partial charge in [0.15, 0.2) is 5.78 Å². The van der Waals surface area contributed by atoms with Gasteiger partial charge in [0.25, 0.3) is 0 Å². The largest absolute Gasteiger partial charge is 0.480 e. The van der Waals surface area contributed by atoms with Gasteiger partial charge in [-0.05, 0) is 43.2 Å². The molecule has 0 spiro atoms. The van der Waals surface area contributed by atoms with Crippen molar-refractivity contribution in [3.8, 4) is 0 Å². The summed E-state index contributed by atoms with van der Waals surface area (Å²) in [6.07, 6.45) is 0.549. The van der Waals surface area contributed by atoms with Gasteiger partial charge in [0.05, 0.1) is 32.7 Å². The molecule has 0 heterocycles. The van der Waals surface area contributed by atoms with Gasteiger partial charge in [0.2, 0.25) is 11.8 Å². The molecule has 0 bridgehead atoms. The number of hydrogen-bond donors (Lipinski definition) is 6. The number of carboxylic acid groups (broad SMARTS) is 3. The van der Waals surface area contributed by atoms with E-state index in [1.165, 1.54) is 27.7 Å². The smallest absolute Gasteiger partial charge is 0.317 e. The predicted octanol–water partition coefficient (Wildman–Crippen LogP) is -0.0714. The Morgan fingerprint density at radius 1 is 0.689 bits per heavy atom. The molecule has 244 valence electrons. The van der Waals surface area contributed by atoms with E-state index in [-0.39, 0.29) is 45.1 Å². The molecule has 2 amide bonds. The van der Waals surface area contributed by atoms with Gasteiger partial charge in [0.1, 0.15) is 0 Å². The van der Waals surface area contributed by atoms with Gasteiger partial charge in [-0.15, -0.1) is 0 Å². The van der Waals surface area contributed by atoms with Crippen molar-refractivity contribution in [1.82, 2.24) is 20.0 Å². The molecule has 45 heavy (non-hydrogen) atoms. The molecular formula is C30H40N6O9. The van der Waals surface area contributed by atoms with Crippen molar-refractivity contribution in [2.75, 3.05) is 76.5 Å². The minimum atomic E-state index is -1.19. The Labute approximate surface area is 260 Å². The van der Waals surface area contributed by atoms with Crippen molar-refractivity contribution >= 4 is 46.9 Å². The Morgan fingerprint density at radius 2 is 1.20 bits per heavy atom. The maximum Gasteiger partial charge on any atom is 0.317 e. The third-order valence-corrected chi connectivity index (χ3v) is 6.54. The molecule has 2 aromatic carbocycles. The Hall–Kier alpha value is -4.86. The van der Waals surface area contributed by atoms with Gasteiger partial charge < -0.3 is 31.7 Å². The maximum absolute atomic E-state index is 12.7. The lowest BCUT2D eigenvalue weighted by molar-refractivity contribution is -0.141. The zero-order valence-electron chi connectivity index (χ0n) is 25.1. The van der Waals surface area contributed by atoms with E-state index in [0.717, 1.165) is 5.56 Å². The molecule has 0 radical (unpaired) electrons. The number of nitrogens with two attached hydrogens (primary N) is 1. The molecule has 2 aromatic rings. The lowest BCUT2D eigenvalue weighted by atomic mass is 10.1. The molecule has 15 nitrogen and oxygen atoms in total. The highest BCUT2D eigenvalue weighted by atomic mass is 16.4. The highest BCUT2D eigenvalue weighted by Gasteiger charge is 2.20. The van der Waals surface area contributed by atoms with Crippen LogP contribution < -0.4 is 16.4 Å². The second-order valence-electron chi connectivity index (χ2n) is 10.4. The first-order chi connectivity index (χ1) is 21.3. The summed E-state index contributed by atoms with van der Waals surface area (Å²) in [5.74, 6) is -4.63. The monoisotopic (exact) mass is 628 g/mol. The molecule has 0 saturated heterocycles. The summed E-state index contributed by atoms with van der Waals surface area (Å²) in [7, 11) is 0. The Kier molecular flexibility index (Phi) is 15.1. The Morgan fingerprint density at radius 3 is 1.73 bits per heavy atom. The summed E-state index contributed by atoms with van der Waals surface area (Å²) in [4.78, 5) is 75.4. The normalized spacial score (nSPS) is 11.0. The molecule has 15 heteroatoms. The van der Waals surface area contributed by atoms with Crippen LogP contribution in [0.25, 0.3) is 0 Å². The number of Topliss-reactive ketones (excluding diaryl/α,β-unsaturated/α-hetero) is 1. The minimum Gasteiger partial charge on any atom is -0.480 e. The first-order valence-corrected chi connectivity index (χ1v) is 14.1. The summed E-state index contributed by atoms with van der Waals surface area (Å²) in [6, 6.07) is 13.5. The fourth-order valence-corrected chi connectivity index (χ4v) is 4.35. The first-order valence-electron chi connectivity index (χ1n) is 14.1. The number of carbonyl (C=O) groups excluding carboxylic acids is 3. The molecule has 0 aliphatic rings. The zero-order valence-corrected chi connectivity index (χ0v) is 25.1. The molecule has 0 aliphatic heterocycles. The number of aliphatic carboxylic acids is 3. The first kappa shape index (κ1) is 36.3. The van der Waals surface area contributed by atoms with Crippen LogP contribution in [0.4, 0.5) is 11.4 Å². The average molecular weight is 629 g/mol. The van der Waals surface area contributed by atoms with Gasteiger partial charge in [0, 0.05) is 49.7 Å². The van der Waals surface area contributed by atoms with E-state index in [4.69, 9.17) is 5.73 Å². The second-order valence-corrected chi connectivity index (χ2v) is 10.4. The Balaban J connectivity index is 1.95. The summed E-state index contributed by atoms with van der Waals surface area (Å²) >= 11 is 0. The number of nitrogens with one attached hydrogen (secondary N) is 2. The van der Waals surface area contributed by atoms with Gasteiger partial charge in [-0.1, -0.05) is 24.3 Å². The van der Waals surface area contributed by atoms with Crippen molar-refractivity contribution in [2.24, 2.45) is 0 Å². The van der Waals surface area contributed by atoms with Gasteiger partial charge >= 0.3 is 17.9 Å². The van der Waals surface area contributed by atoms with Crippen LogP contribution in [0.5, 0.6) is 0 Å². The molecule has 0 fully saturated rings. The van der Waals surface area contributed by atoms with Gasteiger partial charge in [-0.3, -0.25) is 43.5 Å². The van der Waals surface area contributed by atoms with Crippen LogP contribution in [0.2, 0.25) is 0 Å². The van der Waals surface area contributed by atoms with Crippen LogP contribution in [0.15, 0.2) is 48.5 Å². The summed E-state index contributed by atoms with van der Waals surface area (Å²) in [5, 5.41) is 33.5. The van der Waals surface area contributed by atoms with Crippen LogP contribution in [0.3, 0.4) is 0 Å². The van der Waals surface area contributed by atoms with E-state index in [9.17, 15) is 44.1 Å². The van der Waals surface area contributed by atoms with Crippen molar-refractivity contribution in [3.63, 3.8) is 0 Å². The van der Waals surface area contributed by atoms with Gasteiger partial charge in [-0.2, -0.15) is 0 Å². The van der Waals surface area contributed by atoms with Crippen LogP contribution in [0.1, 0.15) is 22.8 Å². The molecule has 2 rings (SSSR count). The third kappa shape index (κ3) is 15.4. The second kappa shape index (κ2) is 18.7. The number of ketones is 1. The van der Waals surface area contributed by atoms with E-state index in [1.54, 1.807) is 30.3 Å². The predicted molar refractivity (Wildman–Crippen MR) is 165 cm³/mol. The number of hydrogen-bond acceptors (Lipinski definition) is 10. The van der Waals surface area contributed by atoms with E-state index >= 15 is 0 Å². The van der Waals surface area contributed by atoms with E-state index in [0.29, 0.717) is 29.9 Å². The number of rotatable bonds is 21. The highest BCUT2D eigenvalue weighted by molar-refractivity contribution is 5.97. The van der Waals surface area contributed by atoms with Crippen molar-refractivity contribution in [2.45, 2.75) is 13.3 Å². The number of nitrogens with zero attached hydrogens (tertiary/aromatic N) is 3. The number of nitrogen functional groups attached to an aromatic ring is 1. The molecule has 0 unspecified atom stereocenters.